The zero-order valence-electron chi connectivity index (χ0n) is 11.0. The van der Waals surface area contributed by atoms with Crippen molar-refractivity contribution in [3.05, 3.63) is 23.7 Å². The number of rotatable bonds is 3. The van der Waals surface area contributed by atoms with Crippen LogP contribution in [0.3, 0.4) is 0 Å². The normalized spacial score (nSPS) is 11.2. The number of nitrogens with two attached hydrogens (primary N) is 1. The molecule has 2 aromatic heterocycles. The first kappa shape index (κ1) is 12.9. The van der Waals surface area contributed by atoms with Gasteiger partial charge in [0.15, 0.2) is 0 Å². The average molecular weight is 263 g/mol. The van der Waals surface area contributed by atoms with E-state index >= 15 is 0 Å². The summed E-state index contributed by atoms with van der Waals surface area (Å²) in [6.07, 6.45) is 1.76. The van der Waals surface area contributed by atoms with E-state index in [-0.39, 0.29) is 0 Å². The van der Waals surface area contributed by atoms with Crippen molar-refractivity contribution in [2.75, 3.05) is 5.73 Å². The first-order chi connectivity index (χ1) is 8.47. The summed E-state index contributed by atoms with van der Waals surface area (Å²) < 4.78 is 1.59. The van der Waals surface area contributed by atoms with E-state index in [1.54, 1.807) is 22.6 Å². The zero-order chi connectivity index (χ0) is 13.3. The molecule has 2 aromatic rings. The van der Waals surface area contributed by atoms with Crippen LogP contribution in [0.2, 0.25) is 0 Å². The van der Waals surface area contributed by atoms with Crippen LogP contribution in [0, 0.1) is 13.8 Å². The number of anilines is 1. The van der Waals surface area contributed by atoms with E-state index in [1.807, 2.05) is 19.9 Å². The monoisotopic (exact) mass is 263 g/mol. The molecule has 0 unspecified atom stereocenters. The molecule has 5 nitrogen and oxygen atoms in total. The van der Waals surface area contributed by atoms with E-state index in [2.05, 4.69) is 28.9 Å². The highest BCUT2D eigenvalue weighted by Crippen LogP contribution is 2.29. The molecular formula is C12H17N5S. The highest BCUT2D eigenvalue weighted by molar-refractivity contribution is 8.00. The van der Waals surface area contributed by atoms with Gasteiger partial charge in [-0.05, 0) is 19.9 Å². The van der Waals surface area contributed by atoms with Crippen LogP contribution >= 0.6 is 11.8 Å². The molecule has 0 atom stereocenters. The Hall–Kier alpha value is -1.56. The van der Waals surface area contributed by atoms with Gasteiger partial charge in [-0.15, -0.1) is 11.8 Å². The van der Waals surface area contributed by atoms with Gasteiger partial charge in [-0.3, -0.25) is 0 Å². The topological polar surface area (TPSA) is 69.6 Å². The van der Waals surface area contributed by atoms with Gasteiger partial charge >= 0.3 is 0 Å². The molecule has 6 heteroatoms. The van der Waals surface area contributed by atoms with Crippen molar-refractivity contribution in [1.29, 1.82) is 0 Å². The molecule has 0 amide bonds. The number of nitrogens with zero attached hydrogens (tertiary/aromatic N) is 4. The lowest BCUT2D eigenvalue weighted by Crippen LogP contribution is -2.08. The summed E-state index contributed by atoms with van der Waals surface area (Å²) in [5.74, 6) is 1.12. The second kappa shape index (κ2) is 4.97. The number of aryl methyl sites for hydroxylation is 2. The van der Waals surface area contributed by atoms with Gasteiger partial charge in [0.2, 0.25) is 0 Å². The molecule has 96 valence electrons. The molecule has 0 aliphatic rings. The molecule has 0 bridgehead atoms. The molecule has 0 aliphatic heterocycles. The summed E-state index contributed by atoms with van der Waals surface area (Å²) in [4.78, 5) is 9.68. The lowest BCUT2D eigenvalue weighted by molar-refractivity contribution is 0.802. The highest BCUT2D eigenvalue weighted by atomic mass is 32.2. The molecule has 0 aliphatic carbocycles. The second-order valence-corrected chi connectivity index (χ2v) is 6.04. The third kappa shape index (κ3) is 2.64. The minimum absolute atomic E-state index is 0.463. The van der Waals surface area contributed by atoms with Gasteiger partial charge in [-0.1, -0.05) is 13.8 Å². The SMILES string of the molecule is Cc1cc(C)nc(-n2ncc(SC(C)C)c2N)n1. The minimum atomic E-state index is 0.463. The van der Waals surface area contributed by atoms with Crippen molar-refractivity contribution in [3.8, 4) is 5.95 Å². The lowest BCUT2D eigenvalue weighted by Gasteiger charge is -2.06. The molecular weight excluding hydrogens is 246 g/mol. The maximum absolute atomic E-state index is 6.08. The number of thioether (sulfide) groups is 1. The Morgan fingerprint density at radius 2 is 1.83 bits per heavy atom. The Kier molecular flexibility index (Phi) is 3.56. The zero-order valence-corrected chi connectivity index (χ0v) is 11.8. The molecule has 0 saturated carbocycles. The maximum Gasteiger partial charge on any atom is 0.252 e. The molecule has 0 spiro atoms. The van der Waals surface area contributed by atoms with Crippen molar-refractivity contribution < 1.29 is 0 Å². The first-order valence-electron chi connectivity index (χ1n) is 5.80. The smallest absolute Gasteiger partial charge is 0.252 e. The van der Waals surface area contributed by atoms with Crippen LogP contribution in [0.5, 0.6) is 0 Å². The van der Waals surface area contributed by atoms with Gasteiger partial charge in [0.1, 0.15) is 5.82 Å². The third-order valence-corrected chi connectivity index (χ3v) is 3.33. The fraction of sp³-hybridized carbons (Fsp3) is 0.417. The van der Waals surface area contributed by atoms with E-state index in [1.165, 1.54) is 0 Å². The lowest BCUT2D eigenvalue weighted by atomic mass is 10.4. The standard InChI is InChI=1S/C12H17N5S/c1-7(2)18-10-6-14-17(11(10)13)12-15-8(3)5-9(4)16-12/h5-7H,13H2,1-4H3. The van der Waals surface area contributed by atoms with Gasteiger partial charge in [0.25, 0.3) is 5.95 Å². The van der Waals surface area contributed by atoms with E-state index in [9.17, 15) is 0 Å². The first-order valence-corrected chi connectivity index (χ1v) is 6.68. The summed E-state index contributed by atoms with van der Waals surface area (Å²) >= 11 is 1.69. The largest absolute Gasteiger partial charge is 0.383 e. The number of aromatic nitrogens is 4. The Labute approximate surface area is 111 Å². The van der Waals surface area contributed by atoms with Crippen LogP contribution in [0.25, 0.3) is 5.95 Å². The predicted octanol–water partition coefficient (Wildman–Crippen LogP) is 2.36. The van der Waals surface area contributed by atoms with Crippen LogP contribution in [0.1, 0.15) is 25.2 Å². The van der Waals surface area contributed by atoms with Crippen molar-refractivity contribution in [1.82, 2.24) is 19.7 Å². The van der Waals surface area contributed by atoms with E-state index < -0.39 is 0 Å². The van der Waals surface area contributed by atoms with Gasteiger partial charge < -0.3 is 5.73 Å². The molecule has 0 saturated heterocycles. The predicted molar refractivity (Wildman–Crippen MR) is 74.0 cm³/mol. The molecule has 18 heavy (non-hydrogen) atoms. The molecule has 0 radical (unpaired) electrons. The van der Waals surface area contributed by atoms with Gasteiger partial charge in [-0.2, -0.15) is 9.78 Å². The van der Waals surface area contributed by atoms with Crippen molar-refractivity contribution in [2.24, 2.45) is 0 Å². The fourth-order valence-electron chi connectivity index (χ4n) is 1.65. The second-order valence-electron chi connectivity index (χ2n) is 4.42. The Morgan fingerprint density at radius 3 is 2.39 bits per heavy atom. The quantitative estimate of drug-likeness (QED) is 0.861. The number of nitrogen functional groups attached to an aromatic ring is 1. The Bertz CT molecular complexity index is 541. The fourth-order valence-corrected chi connectivity index (χ4v) is 2.47. The summed E-state index contributed by atoms with van der Waals surface area (Å²) in [7, 11) is 0. The minimum Gasteiger partial charge on any atom is -0.383 e. The summed E-state index contributed by atoms with van der Waals surface area (Å²) in [6, 6.07) is 1.92. The van der Waals surface area contributed by atoms with Crippen molar-refractivity contribution >= 4 is 17.6 Å². The van der Waals surface area contributed by atoms with Gasteiger partial charge in [0.05, 0.1) is 11.1 Å². The molecule has 2 heterocycles. The average Bonchev–Trinajstić information content (AvgIpc) is 2.58. The van der Waals surface area contributed by atoms with Crippen LogP contribution < -0.4 is 5.73 Å². The van der Waals surface area contributed by atoms with Crippen LogP contribution in [0.15, 0.2) is 17.2 Å². The Balaban J connectivity index is 2.42. The maximum atomic E-state index is 6.08. The molecule has 2 rings (SSSR count). The number of hydrogen-bond donors (Lipinski definition) is 1. The third-order valence-electron chi connectivity index (χ3n) is 2.29. The Morgan fingerprint density at radius 1 is 1.22 bits per heavy atom. The van der Waals surface area contributed by atoms with Gasteiger partial charge in [0, 0.05) is 16.6 Å². The van der Waals surface area contributed by atoms with E-state index in [0.29, 0.717) is 17.0 Å². The van der Waals surface area contributed by atoms with Gasteiger partial charge in [-0.25, -0.2) is 9.97 Å². The van der Waals surface area contributed by atoms with E-state index in [4.69, 9.17) is 5.73 Å². The molecule has 0 aromatic carbocycles. The van der Waals surface area contributed by atoms with Crippen LogP contribution in [-0.2, 0) is 0 Å². The molecule has 0 fully saturated rings. The highest BCUT2D eigenvalue weighted by Gasteiger charge is 2.13. The summed E-state index contributed by atoms with van der Waals surface area (Å²) in [5, 5.41) is 4.73. The van der Waals surface area contributed by atoms with Crippen molar-refractivity contribution in [2.45, 2.75) is 37.8 Å². The van der Waals surface area contributed by atoms with Crippen molar-refractivity contribution in [3.63, 3.8) is 0 Å². The molecule has 2 N–H and O–H groups in total. The summed E-state index contributed by atoms with van der Waals surface area (Å²) in [6.45, 7) is 8.10. The number of hydrogen-bond acceptors (Lipinski definition) is 5. The van der Waals surface area contributed by atoms with E-state index in [0.717, 1.165) is 16.3 Å². The summed E-state index contributed by atoms with van der Waals surface area (Å²) in [5.41, 5.74) is 7.90. The van der Waals surface area contributed by atoms with Crippen LogP contribution in [-0.4, -0.2) is 25.0 Å². The van der Waals surface area contributed by atoms with Crippen LogP contribution in [0.4, 0.5) is 5.82 Å².